The molecule has 506 valence electrons. The van der Waals surface area contributed by atoms with Crippen LogP contribution in [-0.4, -0.2) is 180 Å². The molecular weight excluding hydrogens is 1190 g/mol. The van der Waals surface area contributed by atoms with Crippen molar-refractivity contribution in [2.75, 3.05) is 20.3 Å². The lowest BCUT2D eigenvalue weighted by molar-refractivity contribution is -0.157. The molecule has 4 rings (SSSR count). The lowest BCUT2D eigenvalue weighted by Crippen LogP contribution is -2.63. The minimum Gasteiger partial charge on any atom is -0.458 e. The first-order valence-electron chi connectivity index (χ1n) is 31.1. The van der Waals surface area contributed by atoms with Crippen molar-refractivity contribution in [3.05, 3.63) is 48.0 Å². The Balaban J connectivity index is 1.51. The summed E-state index contributed by atoms with van der Waals surface area (Å²) in [6.07, 6.45) is -4.77. The number of rotatable bonds is 32. The Kier molecular flexibility index (Phi) is 29.1. The summed E-state index contributed by atoms with van der Waals surface area (Å²) in [5.41, 5.74) is 4.48. The Morgan fingerprint density at radius 1 is 0.648 bits per heavy atom. The van der Waals surface area contributed by atoms with E-state index in [0.29, 0.717) is 12.8 Å². The highest BCUT2D eigenvalue weighted by Crippen LogP contribution is 2.48. The molecule has 2 fully saturated rings. The van der Waals surface area contributed by atoms with Gasteiger partial charge in [0, 0.05) is 12.8 Å². The van der Waals surface area contributed by atoms with Crippen LogP contribution in [0.3, 0.4) is 0 Å². The van der Waals surface area contributed by atoms with Gasteiger partial charge in [0.1, 0.15) is 66.0 Å². The molecule has 15 N–H and O–H groups in total. The van der Waals surface area contributed by atoms with Crippen LogP contribution in [-0.2, 0) is 68.7 Å². The molecule has 1 aliphatic heterocycles. The molecule has 0 aromatic heterocycles. The molecule has 2 aromatic rings. The topological polar surface area (TPSA) is 413 Å². The van der Waals surface area contributed by atoms with E-state index < -0.39 is 212 Å². The Morgan fingerprint density at radius 2 is 1.14 bits per heavy atom. The van der Waals surface area contributed by atoms with Crippen LogP contribution in [0.4, 0.5) is 8.78 Å². The van der Waals surface area contributed by atoms with Crippen LogP contribution in [0.1, 0.15) is 126 Å². The molecule has 1 saturated heterocycles. The standard InChI is InChI=1S/C62H94F2N12O15/c1-12-30(5)46(72-53(82)41(66-11)25-36-20-21-37-18-16-17-19-38(37)24-36)56(85)69-42(28-77)54(83)68-40(22-23-45(65)79)52(81)71-48(32(7)14-3)58(87)73-47(31(6)13-2)57(86)70-43(29-78)55(84)74-50-35(10)91-60(89)49(33(8)15-4)75-61(90)62(27-39(62)26-44(63)64)76-51(80)34(9)67-59(50)88/h16-21,24,30-35,39-44,46-50,66,77-78H,12-15,22-23,25-29H2,1-11H3,(H2,65,79)(H,67,88)(H,68,83)(H,69,85)(H,70,86)(H,71,81)(H,72,82)(H,73,87)(H,74,84)(H,75,90)(H,76,80)/t30-,31-,32-,33-,34-,35-,39?,40+,41+,42-,43-,46-,47-,48+,49-,50+,62?/m0/s1. The summed E-state index contributed by atoms with van der Waals surface area (Å²) in [5.74, 6) is -15.0. The van der Waals surface area contributed by atoms with Crippen LogP contribution in [0.15, 0.2) is 42.5 Å². The number of carbonyl (C=O) groups is 12. The smallest absolute Gasteiger partial charge is 0.329 e. The third kappa shape index (κ3) is 20.8. The fourth-order valence-electron chi connectivity index (χ4n) is 10.5. The van der Waals surface area contributed by atoms with E-state index in [-0.39, 0.29) is 25.7 Å². The lowest BCUT2D eigenvalue weighted by atomic mass is 9.94. The number of alkyl halides is 2. The van der Waals surface area contributed by atoms with Gasteiger partial charge in [-0.2, -0.15) is 0 Å². The fraction of sp³-hybridized carbons (Fsp3) is 0.645. The minimum atomic E-state index is -2.83. The number of nitrogens with two attached hydrogens (primary N) is 1. The van der Waals surface area contributed by atoms with Crippen LogP contribution < -0.4 is 64.2 Å². The molecule has 29 heteroatoms. The Bertz CT molecular complexity index is 2920. The molecule has 2 aliphatic rings. The zero-order valence-corrected chi connectivity index (χ0v) is 53.7. The highest BCUT2D eigenvalue weighted by molar-refractivity contribution is 6.01. The van der Waals surface area contributed by atoms with Crippen molar-refractivity contribution in [3.63, 3.8) is 0 Å². The van der Waals surface area contributed by atoms with E-state index in [0.717, 1.165) is 16.3 Å². The van der Waals surface area contributed by atoms with Gasteiger partial charge in [0.15, 0.2) is 0 Å². The van der Waals surface area contributed by atoms with Crippen LogP contribution in [0.25, 0.3) is 10.8 Å². The molecule has 0 radical (unpaired) electrons. The molecule has 1 heterocycles. The number of likely N-dealkylation sites (N-methyl/N-ethyl adjacent to an activating group) is 1. The van der Waals surface area contributed by atoms with Crippen molar-refractivity contribution in [2.45, 2.75) is 206 Å². The number of cyclic esters (lactones) is 1. The average molecular weight is 1290 g/mol. The first-order valence-corrected chi connectivity index (χ1v) is 31.1. The number of halogens is 2. The van der Waals surface area contributed by atoms with Gasteiger partial charge in [-0.15, -0.1) is 0 Å². The van der Waals surface area contributed by atoms with Crippen LogP contribution in [0, 0.1) is 29.6 Å². The Hall–Kier alpha value is -7.92. The molecule has 27 nitrogen and oxygen atoms in total. The Labute approximate surface area is 528 Å². The average Bonchev–Trinajstić information content (AvgIpc) is 1.60. The number of hydrogen-bond donors (Lipinski definition) is 14. The summed E-state index contributed by atoms with van der Waals surface area (Å²) < 4.78 is 32.8. The van der Waals surface area contributed by atoms with E-state index in [1.165, 1.54) is 13.8 Å². The number of esters is 1. The Morgan fingerprint density at radius 3 is 1.65 bits per heavy atom. The number of aliphatic hydroxyl groups is 2. The summed E-state index contributed by atoms with van der Waals surface area (Å²) >= 11 is 0. The number of benzene rings is 2. The first-order chi connectivity index (χ1) is 42.9. The number of ether oxygens (including phenoxy) is 1. The van der Waals surface area contributed by atoms with Crippen molar-refractivity contribution in [2.24, 2.45) is 35.3 Å². The zero-order valence-electron chi connectivity index (χ0n) is 53.7. The molecule has 17 atom stereocenters. The third-order valence-corrected chi connectivity index (χ3v) is 17.4. The van der Waals surface area contributed by atoms with E-state index in [4.69, 9.17) is 10.5 Å². The summed E-state index contributed by atoms with van der Waals surface area (Å²) in [6.45, 7) is 13.7. The summed E-state index contributed by atoms with van der Waals surface area (Å²) in [7, 11) is 1.60. The van der Waals surface area contributed by atoms with E-state index in [1.54, 1.807) is 62.4 Å². The maximum atomic E-state index is 14.4. The van der Waals surface area contributed by atoms with E-state index >= 15 is 0 Å². The van der Waals surface area contributed by atoms with Gasteiger partial charge in [-0.25, -0.2) is 13.6 Å². The number of aliphatic hydroxyl groups excluding tert-OH is 2. The van der Waals surface area contributed by atoms with Crippen molar-refractivity contribution >= 4 is 81.7 Å². The number of carbonyl (C=O) groups excluding carboxylic acids is 12. The predicted molar refractivity (Wildman–Crippen MR) is 329 cm³/mol. The molecule has 91 heavy (non-hydrogen) atoms. The van der Waals surface area contributed by atoms with Crippen LogP contribution >= 0.6 is 0 Å². The van der Waals surface area contributed by atoms with Gasteiger partial charge in [0.25, 0.3) is 0 Å². The van der Waals surface area contributed by atoms with Gasteiger partial charge in [0.2, 0.25) is 71.4 Å². The van der Waals surface area contributed by atoms with Gasteiger partial charge < -0.3 is 79.2 Å². The summed E-state index contributed by atoms with van der Waals surface area (Å²) in [6, 6.07) is -1.31. The molecular formula is C62H94F2N12O15. The van der Waals surface area contributed by atoms with Gasteiger partial charge >= 0.3 is 5.97 Å². The molecule has 0 bridgehead atoms. The lowest BCUT2D eigenvalue weighted by Gasteiger charge is -2.31. The quantitative estimate of drug-likeness (QED) is 0.0401. The van der Waals surface area contributed by atoms with Gasteiger partial charge in [0.05, 0.1) is 19.3 Å². The molecule has 1 spiro atoms. The van der Waals surface area contributed by atoms with Crippen molar-refractivity contribution in [3.8, 4) is 0 Å². The molecule has 2 unspecified atom stereocenters. The molecule has 2 aromatic carbocycles. The van der Waals surface area contributed by atoms with Gasteiger partial charge in [-0.05, 0) is 86.1 Å². The van der Waals surface area contributed by atoms with E-state index in [2.05, 4.69) is 58.5 Å². The van der Waals surface area contributed by atoms with Crippen molar-refractivity contribution < 1.29 is 81.3 Å². The van der Waals surface area contributed by atoms with Crippen LogP contribution in [0.5, 0.6) is 0 Å². The number of primary amides is 1. The molecule has 1 saturated carbocycles. The number of nitrogens with one attached hydrogen (secondary N) is 11. The second kappa shape index (κ2) is 35.0. The minimum absolute atomic E-state index is 0.185. The third-order valence-electron chi connectivity index (χ3n) is 17.4. The predicted octanol–water partition coefficient (Wildman–Crippen LogP) is -0.737. The maximum absolute atomic E-state index is 14.4. The number of fused-ring (bicyclic) bond motifs is 1. The maximum Gasteiger partial charge on any atom is 0.329 e. The highest BCUT2D eigenvalue weighted by Gasteiger charge is 2.62. The van der Waals surface area contributed by atoms with Gasteiger partial charge in [-0.1, -0.05) is 124 Å². The fourth-order valence-corrected chi connectivity index (χ4v) is 10.5. The van der Waals surface area contributed by atoms with E-state index in [1.807, 2.05) is 42.5 Å². The normalized spacial score (nSPS) is 23.1. The second-order valence-electron chi connectivity index (χ2n) is 24.1. The van der Waals surface area contributed by atoms with Gasteiger partial charge in [-0.3, -0.25) is 52.7 Å². The van der Waals surface area contributed by atoms with Crippen molar-refractivity contribution in [1.29, 1.82) is 0 Å². The molecule has 1 aliphatic carbocycles. The van der Waals surface area contributed by atoms with E-state index in [9.17, 15) is 76.5 Å². The SMILES string of the molecule is CC[C@H](C)[C@H](NC(=O)[C@@H](Cc1ccc2ccccc2c1)NC)C(=O)N[C@@H](CO)C(=O)N[C@H](CCC(N)=O)C(=O)N[C@@H](C(=O)N[C@H](C(=O)N[C@@H](CO)C(=O)N[C@H]1C(=O)N[C@@H](C)C(=O)NC2(CC2CC(F)F)C(=O)N[C@@H]([C@@H](C)CC)C(=O)O[C@H]1C)[C@@H](C)CC)[C@@H](C)CC. The second-order valence-corrected chi connectivity index (χ2v) is 24.1. The largest absolute Gasteiger partial charge is 0.458 e. The monoisotopic (exact) mass is 1280 g/mol. The number of amides is 11. The summed E-state index contributed by atoms with van der Waals surface area (Å²) in [5, 5.41) is 51.0. The zero-order chi connectivity index (χ0) is 68.2. The molecule has 11 amide bonds. The summed E-state index contributed by atoms with van der Waals surface area (Å²) in [4.78, 5) is 166. The highest BCUT2D eigenvalue weighted by atomic mass is 19.3. The van der Waals surface area contributed by atoms with Crippen LogP contribution in [0.2, 0.25) is 0 Å². The first kappa shape index (κ1) is 75.5. The van der Waals surface area contributed by atoms with Crippen molar-refractivity contribution in [1.82, 2.24) is 58.5 Å². The number of hydrogen-bond acceptors (Lipinski definition) is 16.